The van der Waals surface area contributed by atoms with Gasteiger partial charge in [0.05, 0.1) is 30.2 Å². The van der Waals surface area contributed by atoms with E-state index in [9.17, 15) is 13.9 Å². The Labute approximate surface area is 147 Å². The number of nitrogens with one attached hydrogen (secondary N) is 1. The molecule has 8 heteroatoms. The lowest BCUT2D eigenvalue weighted by Crippen LogP contribution is -2.43. The van der Waals surface area contributed by atoms with Gasteiger partial charge in [0.15, 0.2) is 0 Å². The molecule has 0 radical (unpaired) electrons. The zero-order valence-electron chi connectivity index (χ0n) is 15.3. The van der Waals surface area contributed by atoms with Crippen LogP contribution in [0.1, 0.15) is 43.1 Å². The number of hydrazine groups is 1. The molecule has 0 bridgehead atoms. The summed E-state index contributed by atoms with van der Waals surface area (Å²) in [6.45, 7) is 5.66. The van der Waals surface area contributed by atoms with Crippen molar-refractivity contribution in [1.82, 2.24) is 15.3 Å². The van der Waals surface area contributed by atoms with Gasteiger partial charge < -0.3 is 21.2 Å². The molecule has 0 aromatic carbocycles. The van der Waals surface area contributed by atoms with Crippen molar-refractivity contribution in [2.45, 2.75) is 39.0 Å². The van der Waals surface area contributed by atoms with Crippen LogP contribution in [-0.4, -0.2) is 47.8 Å². The molecule has 1 aliphatic rings. The quantitative estimate of drug-likeness (QED) is 0.482. The number of piperidine rings is 1. The molecule has 2 heterocycles. The Morgan fingerprint density at radius 2 is 2.08 bits per heavy atom. The Morgan fingerprint density at radius 1 is 1.44 bits per heavy atom. The molecule has 0 aliphatic carbocycles. The average molecular weight is 357 g/mol. The SMILES string of the molecule is CC.Cc1nc(/C(N)=C(\CO)N(C)N)ccc1C1CNCC(F)(F)C1. The summed E-state index contributed by atoms with van der Waals surface area (Å²) < 4.78 is 27.1. The number of alkyl halides is 2. The fraction of sp³-hybridized carbons (Fsp3) is 0.588. The molecular weight excluding hydrogens is 328 g/mol. The van der Waals surface area contributed by atoms with Gasteiger partial charge in [-0.3, -0.25) is 4.98 Å². The van der Waals surface area contributed by atoms with Crippen LogP contribution in [0.15, 0.2) is 17.8 Å². The molecule has 25 heavy (non-hydrogen) atoms. The lowest BCUT2D eigenvalue weighted by molar-refractivity contribution is -0.0278. The summed E-state index contributed by atoms with van der Waals surface area (Å²) in [5.41, 5.74) is 8.48. The van der Waals surface area contributed by atoms with E-state index in [0.29, 0.717) is 23.6 Å². The van der Waals surface area contributed by atoms with Crippen molar-refractivity contribution in [2.75, 3.05) is 26.7 Å². The van der Waals surface area contributed by atoms with E-state index in [0.717, 1.165) is 5.56 Å². The maximum Gasteiger partial charge on any atom is 0.260 e. The van der Waals surface area contributed by atoms with Crippen molar-refractivity contribution in [2.24, 2.45) is 11.6 Å². The minimum absolute atomic E-state index is 0.194. The molecule has 6 N–H and O–H groups in total. The third kappa shape index (κ3) is 5.35. The third-order valence-corrected chi connectivity index (χ3v) is 4.05. The summed E-state index contributed by atoms with van der Waals surface area (Å²) in [5, 5.41) is 13.3. The van der Waals surface area contributed by atoms with Gasteiger partial charge in [-0.15, -0.1) is 0 Å². The number of rotatable bonds is 4. The van der Waals surface area contributed by atoms with Crippen molar-refractivity contribution < 1.29 is 13.9 Å². The van der Waals surface area contributed by atoms with Crippen LogP contribution in [-0.2, 0) is 0 Å². The maximum absolute atomic E-state index is 13.6. The Hall–Kier alpha value is -1.77. The molecule has 1 saturated heterocycles. The number of aliphatic hydroxyl groups is 1. The zero-order chi connectivity index (χ0) is 19.2. The van der Waals surface area contributed by atoms with Gasteiger partial charge in [-0.05, 0) is 18.6 Å². The first-order chi connectivity index (χ1) is 11.7. The summed E-state index contributed by atoms with van der Waals surface area (Å²) in [5.74, 6) is 2.62. The topological polar surface area (TPSA) is 100 Å². The van der Waals surface area contributed by atoms with E-state index in [2.05, 4.69) is 10.3 Å². The van der Waals surface area contributed by atoms with Gasteiger partial charge in [-0.25, -0.2) is 14.6 Å². The van der Waals surface area contributed by atoms with E-state index in [-0.39, 0.29) is 31.2 Å². The van der Waals surface area contributed by atoms with Crippen molar-refractivity contribution in [3.63, 3.8) is 0 Å². The molecule has 1 aromatic heterocycles. The van der Waals surface area contributed by atoms with Crippen LogP contribution in [0.5, 0.6) is 0 Å². The third-order valence-electron chi connectivity index (χ3n) is 4.05. The maximum atomic E-state index is 13.6. The first-order valence-electron chi connectivity index (χ1n) is 8.39. The minimum Gasteiger partial charge on any atom is -0.395 e. The second-order valence-corrected chi connectivity index (χ2v) is 5.89. The van der Waals surface area contributed by atoms with Gasteiger partial charge >= 0.3 is 0 Å². The Bertz CT molecular complexity index is 605. The molecular formula is C17H29F2N5O. The number of hydrogen-bond donors (Lipinski definition) is 4. The zero-order valence-corrected chi connectivity index (χ0v) is 15.3. The van der Waals surface area contributed by atoms with Crippen LogP contribution in [0.2, 0.25) is 0 Å². The van der Waals surface area contributed by atoms with Crippen LogP contribution in [0, 0.1) is 6.92 Å². The minimum atomic E-state index is -2.71. The number of halogens is 2. The van der Waals surface area contributed by atoms with Crippen LogP contribution < -0.4 is 16.9 Å². The fourth-order valence-corrected chi connectivity index (χ4v) is 2.84. The number of nitrogens with two attached hydrogens (primary N) is 2. The van der Waals surface area contributed by atoms with Gasteiger partial charge in [0.1, 0.15) is 0 Å². The smallest absolute Gasteiger partial charge is 0.260 e. The Balaban J connectivity index is 0.00000151. The van der Waals surface area contributed by atoms with Crippen LogP contribution in [0.4, 0.5) is 8.78 Å². The van der Waals surface area contributed by atoms with Crippen molar-refractivity contribution in [3.8, 4) is 0 Å². The highest BCUT2D eigenvalue weighted by atomic mass is 19.3. The summed E-state index contributed by atoms with van der Waals surface area (Å²) in [6, 6.07) is 3.44. The lowest BCUT2D eigenvalue weighted by atomic mass is 9.88. The van der Waals surface area contributed by atoms with Crippen LogP contribution in [0.25, 0.3) is 5.70 Å². The number of hydrogen-bond acceptors (Lipinski definition) is 6. The molecule has 1 atom stereocenters. The highest BCUT2D eigenvalue weighted by molar-refractivity contribution is 5.63. The number of pyridine rings is 1. The first-order valence-corrected chi connectivity index (χ1v) is 8.39. The average Bonchev–Trinajstić information content (AvgIpc) is 2.55. The first kappa shape index (κ1) is 21.3. The number of nitrogens with zero attached hydrogens (tertiary/aromatic N) is 2. The summed E-state index contributed by atoms with van der Waals surface area (Å²) in [4.78, 5) is 4.40. The molecule has 1 aliphatic heterocycles. The molecule has 1 fully saturated rings. The largest absolute Gasteiger partial charge is 0.395 e. The predicted octanol–water partition coefficient (Wildman–Crippen LogP) is 1.55. The Morgan fingerprint density at radius 3 is 2.56 bits per heavy atom. The monoisotopic (exact) mass is 357 g/mol. The number of aromatic nitrogens is 1. The van der Waals surface area contributed by atoms with Gasteiger partial charge in [-0.2, -0.15) is 0 Å². The van der Waals surface area contributed by atoms with E-state index >= 15 is 0 Å². The predicted molar refractivity (Wildman–Crippen MR) is 95.6 cm³/mol. The lowest BCUT2D eigenvalue weighted by Gasteiger charge is -2.30. The van der Waals surface area contributed by atoms with E-state index in [1.165, 1.54) is 5.01 Å². The highest BCUT2D eigenvalue weighted by Gasteiger charge is 2.37. The molecule has 142 valence electrons. The van der Waals surface area contributed by atoms with Crippen LogP contribution >= 0.6 is 0 Å². The molecule has 0 spiro atoms. The van der Waals surface area contributed by atoms with E-state index in [4.69, 9.17) is 11.6 Å². The number of aliphatic hydroxyl groups excluding tert-OH is 1. The van der Waals surface area contributed by atoms with Crippen molar-refractivity contribution in [1.29, 1.82) is 0 Å². The van der Waals surface area contributed by atoms with Gasteiger partial charge in [-0.1, -0.05) is 19.9 Å². The summed E-state index contributed by atoms with van der Waals surface area (Å²) in [7, 11) is 1.56. The van der Waals surface area contributed by atoms with Crippen molar-refractivity contribution in [3.05, 3.63) is 34.8 Å². The number of aryl methyl sites for hydroxylation is 1. The normalized spacial score (nSPS) is 20.2. The molecule has 1 aromatic rings. The van der Waals surface area contributed by atoms with Gasteiger partial charge in [0.2, 0.25) is 0 Å². The fourth-order valence-electron chi connectivity index (χ4n) is 2.84. The van der Waals surface area contributed by atoms with Crippen LogP contribution in [0.3, 0.4) is 0 Å². The van der Waals surface area contributed by atoms with E-state index in [1.54, 1.807) is 26.1 Å². The molecule has 0 amide bonds. The molecule has 2 rings (SSSR count). The van der Waals surface area contributed by atoms with E-state index < -0.39 is 5.92 Å². The standard InChI is InChI=1S/C15H23F2N5O.C2H6/c1-9-11(10-5-15(16,17)8-20-6-10)3-4-12(21-9)14(18)13(7-23)22(2)19;1-2/h3-4,10,20,23H,5-8,18-19H2,1-2H3;1-2H3/b14-13-;. The van der Waals surface area contributed by atoms with Crippen molar-refractivity contribution >= 4 is 5.70 Å². The molecule has 1 unspecified atom stereocenters. The molecule has 6 nitrogen and oxygen atoms in total. The summed E-state index contributed by atoms with van der Waals surface area (Å²) in [6.07, 6.45) is -0.194. The summed E-state index contributed by atoms with van der Waals surface area (Å²) >= 11 is 0. The molecule has 0 saturated carbocycles. The number of likely N-dealkylation sites (N-methyl/N-ethyl adjacent to an activating group) is 1. The van der Waals surface area contributed by atoms with E-state index in [1.807, 2.05) is 13.8 Å². The van der Waals surface area contributed by atoms with Gasteiger partial charge in [0.25, 0.3) is 5.92 Å². The highest BCUT2D eigenvalue weighted by Crippen LogP contribution is 2.33. The van der Waals surface area contributed by atoms with Gasteiger partial charge in [0, 0.05) is 31.6 Å². The second kappa shape index (κ2) is 9.07. The Kier molecular flexibility index (Phi) is 7.72. The second-order valence-electron chi connectivity index (χ2n) is 5.89.